The molecule has 0 aliphatic heterocycles. The third kappa shape index (κ3) is 2.99. The van der Waals surface area contributed by atoms with E-state index in [4.69, 9.17) is 11.6 Å². The van der Waals surface area contributed by atoms with E-state index in [0.29, 0.717) is 27.3 Å². The fraction of sp³-hybridized carbons (Fsp3) is 0.308. The molecule has 0 aliphatic rings. The van der Waals surface area contributed by atoms with Crippen LogP contribution in [0.25, 0.3) is 0 Å². The molecule has 0 aliphatic carbocycles. The smallest absolute Gasteiger partial charge is 0.137 e. The van der Waals surface area contributed by atoms with Crippen molar-refractivity contribution >= 4 is 27.5 Å². The van der Waals surface area contributed by atoms with E-state index >= 15 is 0 Å². The van der Waals surface area contributed by atoms with Gasteiger partial charge in [-0.15, -0.1) is 0 Å². The van der Waals surface area contributed by atoms with Crippen molar-refractivity contribution in [3.63, 3.8) is 0 Å². The van der Waals surface area contributed by atoms with E-state index in [9.17, 15) is 9.50 Å². The first-order valence-corrected chi connectivity index (χ1v) is 7.06. The van der Waals surface area contributed by atoms with Crippen LogP contribution in [-0.4, -0.2) is 14.9 Å². The topological polar surface area (TPSA) is 38.0 Å². The molecule has 0 fully saturated rings. The van der Waals surface area contributed by atoms with Crippen molar-refractivity contribution in [2.45, 2.75) is 26.0 Å². The van der Waals surface area contributed by atoms with Crippen LogP contribution in [0.3, 0.4) is 0 Å². The quantitative estimate of drug-likeness (QED) is 0.910. The van der Waals surface area contributed by atoms with Crippen LogP contribution >= 0.6 is 27.5 Å². The number of aliphatic hydroxyl groups is 1. The van der Waals surface area contributed by atoms with Crippen molar-refractivity contribution in [3.8, 4) is 0 Å². The molecule has 1 unspecified atom stereocenters. The number of hydrogen-bond donors (Lipinski definition) is 1. The standard InChI is InChI=1S/C13H13BrClFN2O/c1-2-5-18-12(10(15)7-17-18)13(19)8-3-4-9(14)11(16)6-8/h3-4,6-7,13,19H,2,5H2,1H3. The summed E-state index contributed by atoms with van der Waals surface area (Å²) in [5.41, 5.74) is 0.936. The number of aromatic nitrogens is 2. The van der Waals surface area contributed by atoms with Crippen molar-refractivity contribution < 1.29 is 9.50 Å². The Hall–Kier alpha value is -0.910. The minimum atomic E-state index is -0.996. The summed E-state index contributed by atoms with van der Waals surface area (Å²) in [5.74, 6) is -0.422. The van der Waals surface area contributed by atoms with Crippen molar-refractivity contribution in [3.05, 3.63) is 51.0 Å². The highest BCUT2D eigenvalue weighted by Crippen LogP contribution is 2.30. The van der Waals surface area contributed by atoms with Crippen molar-refractivity contribution in [2.24, 2.45) is 0 Å². The summed E-state index contributed by atoms with van der Waals surface area (Å²) >= 11 is 9.13. The molecule has 0 saturated heterocycles. The zero-order valence-electron chi connectivity index (χ0n) is 10.3. The summed E-state index contributed by atoms with van der Waals surface area (Å²) < 4.78 is 15.5. The predicted molar refractivity (Wildman–Crippen MR) is 75.7 cm³/mol. The largest absolute Gasteiger partial charge is 0.382 e. The lowest BCUT2D eigenvalue weighted by molar-refractivity contribution is 0.207. The second kappa shape index (κ2) is 6.03. The van der Waals surface area contributed by atoms with Gasteiger partial charge in [-0.2, -0.15) is 5.10 Å². The van der Waals surface area contributed by atoms with Crippen LogP contribution in [0.15, 0.2) is 28.9 Å². The Morgan fingerprint density at radius 2 is 2.26 bits per heavy atom. The van der Waals surface area contributed by atoms with Crippen molar-refractivity contribution in [1.82, 2.24) is 9.78 Å². The number of aliphatic hydroxyl groups excluding tert-OH is 1. The molecule has 2 rings (SSSR count). The van der Waals surface area contributed by atoms with Crippen LogP contribution in [0.5, 0.6) is 0 Å². The molecule has 1 heterocycles. The van der Waals surface area contributed by atoms with Crippen LogP contribution in [0, 0.1) is 5.82 Å². The van der Waals surface area contributed by atoms with Gasteiger partial charge in [-0.1, -0.05) is 24.6 Å². The molecule has 1 N–H and O–H groups in total. The highest BCUT2D eigenvalue weighted by Gasteiger charge is 2.20. The molecule has 102 valence electrons. The van der Waals surface area contributed by atoms with Gasteiger partial charge in [-0.25, -0.2) is 4.39 Å². The third-order valence-electron chi connectivity index (χ3n) is 2.79. The molecule has 2 aromatic rings. The minimum absolute atomic E-state index is 0.358. The number of hydrogen-bond acceptors (Lipinski definition) is 2. The average molecular weight is 348 g/mol. The lowest BCUT2D eigenvalue weighted by atomic mass is 10.1. The van der Waals surface area contributed by atoms with Gasteiger partial charge in [-0.05, 0) is 40.0 Å². The van der Waals surface area contributed by atoms with Gasteiger partial charge in [0.05, 0.1) is 21.4 Å². The molecule has 0 spiro atoms. The summed E-state index contributed by atoms with van der Waals surface area (Å²) in [4.78, 5) is 0. The van der Waals surface area contributed by atoms with E-state index in [-0.39, 0.29) is 0 Å². The normalized spacial score (nSPS) is 12.7. The second-order valence-corrected chi connectivity index (χ2v) is 5.44. The van der Waals surface area contributed by atoms with Gasteiger partial charge >= 0.3 is 0 Å². The molecular formula is C13H13BrClFN2O. The lowest BCUT2D eigenvalue weighted by Crippen LogP contribution is -2.10. The van der Waals surface area contributed by atoms with Gasteiger partial charge in [0.1, 0.15) is 11.9 Å². The fourth-order valence-electron chi connectivity index (χ4n) is 1.87. The van der Waals surface area contributed by atoms with Gasteiger partial charge in [0, 0.05) is 6.54 Å². The summed E-state index contributed by atoms with van der Waals surface area (Å²) in [6.07, 6.45) is 1.36. The molecule has 0 radical (unpaired) electrons. The maximum atomic E-state index is 13.5. The Labute approximate surface area is 124 Å². The molecule has 6 heteroatoms. The number of halogens is 3. The van der Waals surface area contributed by atoms with E-state index in [2.05, 4.69) is 21.0 Å². The van der Waals surface area contributed by atoms with Crippen LogP contribution in [-0.2, 0) is 6.54 Å². The van der Waals surface area contributed by atoms with E-state index in [0.717, 1.165) is 6.42 Å². The Kier molecular flexibility index (Phi) is 4.60. The van der Waals surface area contributed by atoms with Crippen LogP contribution in [0.4, 0.5) is 4.39 Å². The maximum Gasteiger partial charge on any atom is 0.137 e. The Morgan fingerprint density at radius 1 is 1.53 bits per heavy atom. The third-order valence-corrected chi connectivity index (χ3v) is 3.72. The van der Waals surface area contributed by atoms with E-state index in [1.165, 1.54) is 12.3 Å². The zero-order valence-corrected chi connectivity index (χ0v) is 12.6. The number of rotatable bonds is 4. The minimum Gasteiger partial charge on any atom is -0.382 e. The highest BCUT2D eigenvalue weighted by molar-refractivity contribution is 9.10. The number of benzene rings is 1. The van der Waals surface area contributed by atoms with Crippen LogP contribution < -0.4 is 0 Å². The van der Waals surface area contributed by atoms with Gasteiger partial charge in [0.2, 0.25) is 0 Å². The first-order valence-electron chi connectivity index (χ1n) is 5.88. The van der Waals surface area contributed by atoms with E-state index in [1.807, 2.05) is 6.92 Å². The Morgan fingerprint density at radius 3 is 2.89 bits per heavy atom. The second-order valence-electron chi connectivity index (χ2n) is 4.18. The van der Waals surface area contributed by atoms with Crippen molar-refractivity contribution in [1.29, 1.82) is 0 Å². The summed E-state index contributed by atoms with van der Waals surface area (Å²) in [6.45, 7) is 2.66. The highest BCUT2D eigenvalue weighted by atomic mass is 79.9. The molecule has 19 heavy (non-hydrogen) atoms. The number of nitrogens with zero attached hydrogens (tertiary/aromatic N) is 2. The van der Waals surface area contributed by atoms with E-state index < -0.39 is 11.9 Å². The summed E-state index contributed by atoms with van der Waals surface area (Å²) in [6, 6.07) is 4.49. The van der Waals surface area contributed by atoms with Gasteiger partial charge < -0.3 is 5.11 Å². The average Bonchev–Trinajstić information content (AvgIpc) is 2.74. The molecule has 1 aromatic heterocycles. The lowest BCUT2D eigenvalue weighted by Gasteiger charge is -2.14. The molecule has 0 saturated carbocycles. The zero-order chi connectivity index (χ0) is 14.0. The van der Waals surface area contributed by atoms with Crippen LogP contribution in [0.1, 0.15) is 30.7 Å². The molecular weight excluding hydrogens is 335 g/mol. The fourth-order valence-corrected chi connectivity index (χ4v) is 2.37. The van der Waals surface area contributed by atoms with Gasteiger partial charge in [0.25, 0.3) is 0 Å². The first kappa shape index (κ1) is 14.5. The molecule has 1 atom stereocenters. The maximum absolute atomic E-state index is 13.5. The van der Waals surface area contributed by atoms with Gasteiger partial charge in [0.15, 0.2) is 0 Å². The predicted octanol–water partition coefficient (Wildman–Crippen LogP) is 3.93. The molecule has 1 aromatic carbocycles. The molecule has 0 amide bonds. The summed E-state index contributed by atoms with van der Waals surface area (Å²) in [5, 5.41) is 14.8. The Bertz CT molecular complexity index is 588. The van der Waals surface area contributed by atoms with Gasteiger partial charge in [-0.3, -0.25) is 4.68 Å². The monoisotopic (exact) mass is 346 g/mol. The summed E-state index contributed by atoms with van der Waals surface area (Å²) in [7, 11) is 0. The molecule has 0 bridgehead atoms. The van der Waals surface area contributed by atoms with E-state index in [1.54, 1.807) is 16.8 Å². The first-order chi connectivity index (χ1) is 9.04. The van der Waals surface area contributed by atoms with Crippen LogP contribution in [0.2, 0.25) is 5.02 Å². The number of aryl methyl sites for hydroxylation is 1. The van der Waals surface area contributed by atoms with Crippen molar-refractivity contribution in [2.75, 3.05) is 0 Å². The Balaban J connectivity index is 2.40. The molecule has 3 nitrogen and oxygen atoms in total. The SMILES string of the molecule is CCCn1ncc(Cl)c1C(O)c1ccc(Br)c(F)c1.